The lowest BCUT2D eigenvalue weighted by atomic mass is 10.1. The predicted octanol–water partition coefficient (Wildman–Crippen LogP) is 3.05. The monoisotopic (exact) mass is 374 g/mol. The molecule has 1 aliphatic rings. The summed E-state index contributed by atoms with van der Waals surface area (Å²) in [6, 6.07) is 10.7. The minimum Gasteiger partial charge on any atom is -0.454 e. The highest BCUT2D eigenvalue weighted by atomic mass is 35.5. The first kappa shape index (κ1) is 18.1. The summed E-state index contributed by atoms with van der Waals surface area (Å²) in [6.45, 7) is 3.74. The van der Waals surface area contributed by atoms with Gasteiger partial charge in [-0.25, -0.2) is 0 Å². The number of carbonyl (C=O) groups excluding carboxylic acids is 2. The van der Waals surface area contributed by atoms with Gasteiger partial charge < -0.3 is 19.7 Å². The van der Waals surface area contributed by atoms with Crippen molar-refractivity contribution in [2.45, 2.75) is 20.4 Å². The van der Waals surface area contributed by atoms with E-state index in [-0.39, 0.29) is 25.2 Å². The van der Waals surface area contributed by atoms with E-state index in [1.807, 2.05) is 25.1 Å². The molecule has 26 heavy (non-hydrogen) atoms. The number of aryl methyl sites for hydroxylation is 1. The van der Waals surface area contributed by atoms with Gasteiger partial charge >= 0.3 is 0 Å². The molecule has 2 aromatic rings. The summed E-state index contributed by atoms with van der Waals surface area (Å²) >= 11 is 6.03. The highest BCUT2D eigenvalue weighted by Gasteiger charge is 2.18. The Morgan fingerprint density at radius 1 is 1.15 bits per heavy atom. The number of hydrogen-bond acceptors (Lipinski definition) is 4. The molecule has 0 fully saturated rings. The molecule has 0 spiro atoms. The van der Waals surface area contributed by atoms with E-state index in [1.165, 1.54) is 11.8 Å². The van der Waals surface area contributed by atoms with Crippen molar-refractivity contribution in [1.82, 2.24) is 5.32 Å². The lowest BCUT2D eigenvalue weighted by Crippen LogP contribution is -2.40. The summed E-state index contributed by atoms with van der Waals surface area (Å²) in [5.41, 5.74) is 2.38. The summed E-state index contributed by atoms with van der Waals surface area (Å²) in [4.78, 5) is 25.8. The molecule has 0 atom stereocenters. The van der Waals surface area contributed by atoms with Gasteiger partial charge in [-0.3, -0.25) is 9.59 Å². The quantitative estimate of drug-likeness (QED) is 0.873. The number of benzene rings is 2. The van der Waals surface area contributed by atoms with Crippen LogP contribution in [0.1, 0.15) is 18.1 Å². The lowest BCUT2D eigenvalue weighted by Gasteiger charge is -2.23. The van der Waals surface area contributed by atoms with Crippen LogP contribution < -0.4 is 19.7 Å². The highest BCUT2D eigenvalue weighted by molar-refractivity contribution is 6.31. The third-order valence-electron chi connectivity index (χ3n) is 4.07. The summed E-state index contributed by atoms with van der Waals surface area (Å²) in [7, 11) is 0. The van der Waals surface area contributed by atoms with Crippen molar-refractivity contribution in [3.05, 3.63) is 52.5 Å². The van der Waals surface area contributed by atoms with E-state index in [2.05, 4.69) is 5.32 Å². The van der Waals surface area contributed by atoms with Crippen LogP contribution in [0.2, 0.25) is 5.02 Å². The molecule has 0 bridgehead atoms. The number of anilines is 1. The molecule has 2 amide bonds. The zero-order valence-corrected chi connectivity index (χ0v) is 15.3. The number of amides is 2. The van der Waals surface area contributed by atoms with E-state index in [1.54, 1.807) is 18.2 Å². The van der Waals surface area contributed by atoms with Crippen molar-refractivity contribution >= 4 is 29.1 Å². The average Bonchev–Trinajstić information content (AvgIpc) is 3.07. The van der Waals surface area contributed by atoms with Crippen molar-refractivity contribution in [3.63, 3.8) is 0 Å². The summed E-state index contributed by atoms with van der Waals surface area (Å²) < 4.78 is 10.6. The van der Waals surface area contributed by atoms with Crippen LogP contribution in [-0.2, 0) is 16.1 Å². The Kier molecular flexibility index (Phi) is 5.32. The van der Waals surface area contributed by atoms with Crippen molar-refractivity contribution in [2.75, 3.05) is 18.2 Å². The minimum atomic E-state index is -0.266. The molecule has 7 heteroatoms. The summed E-state index contributed by atoms with van der Waals surface area (Å²) in [6.07, 6.45) is 0. The predicted molar refractivity (Wildman–Crippen MR) is 98.6 cm³/mol. The van der Waals surface area contributed by atoms with Gasteiger partial charge in [0.05, 0.1) is 0 Å². The summed E-state index contributed by atoms with van der Waals surface area (Å²) in [5.74, 6) is 0.863. The normalized spacial score (nSPS) is 12.0. The number of hydrogen-bond donors (Lipinski definition) is 1. The standard InChI is InChI=1S/C19H19ClN2O4/c1-12-3-5-15(20)8-16(12)22(13(2)23)10-19(24)21-9-14-4-6-17-18(7-14)26-11-25-17/h3-8H,9-11H2,1-2H3,(H,21,24). The fourth-order valence-electron chi connectivity index (χ4n) is 2.69. The van der Waals surface area contributed by atoms with Crippen LogP contribution in [0.25, 0.3) is 0 Å². The summed E-state index contributed by atoms with van der Waals surface area (Å²) in [5, 5.41) is 3.33. The molecule has 0 unspecified atom stereocenters. The van der Waals surface area contributed by atoms with Gasteiger partial charge in [-0.2, -0.15) is 0 Å². The Bertz CT molecular complexity index is 853. The van der Waals surface area contributed by atoms with E-state index in [0.717, 1.165) is 11.1 Å². The second-order valence-electron chi connectivity index (χ2n) is 6.00. The number of rotatable bonds is 5. The van der Waals surface area contributed by atoms with Gasteiger partial charge in [0, 0.05) is 24.2 Å². The van der Waals surface area contributed by atoms with Gasteiger partial charge in [-0.1, -0.05) is 23.7 Å². The van der Waals surface area contributed by atoms with Crippen LogP contribution in [0.15, 0.2) is 36.4 Å². The lowest BCUT2D eigenvalue weighted by molar-refractivity contribution is -0.123. The van der Waals surface area contributed by atoms with Crippen LogP contribution in [-0.4, -0.2) is 25.2 Å². The van der Waals surface area contributed by atoms with Crippen molar-refractivity contribution in [1.29, 1.82) is 0 Å². The van der Waals surface area contributed by atoms with Crippen LogP contribution in [0.5, 0.6) is 11.5 Å². The Morgan fingerprint density at radius 2 is 1.92 bits per heavy atom. The molecule has 0 saturated heterocycles. The molecule has 0 aliphatic carbocycles. The molecule has 0 radical (unpaired) electrons. The second kappa shape index (κ2) is 7.66. The van der Waals surface area contributed by atoms with Crippen LogP contribution in [0.4, 0.5) is 5.69 Å². The van der Waals surface area contributed by atoms with Gasteiger partial charge in [0.2, 0.25) is 18.6 Å². The zero-order chi connectivity index (χ0) is 18.7. The molecule has 1 aliphatic heterocycles. The number of ether oxygens (including phenoxy) is 2. The van der Waals surface area contributed by atoms with Crippen LogP contribution in [0, 0.1) is 6.92 Å². The largest absolute Gasteiger partial charge is 0.454 e. The van der Waals surface area contributed by atoms with Crippen molar-refractivity contribution in [2.24, 2.45) is 0 Å². The molecule has 1 heterocycles. The fraction of sp³-hybridized carbons (Fsp3) is 0.263. The number of halogens is 1. The second-order valence-corrected chi connectivity index (χ2v) is 6.44. The molecule has 6 nitrogen and oxygen atoms in total. The smallest absolute Gasteiger partial charge is 0.240 e. The number of carbonyl (C=O) groups is 2. The first-order chi connectivity index (χ1) is 12.4. The number of fused-ring (bicyclic) bond motifs is 1. The zero-order valence-electron chi connectivity index (χ0n) is 14.5. The van der Waals surface area contributed by atoms with E-state index < -0.39 is 0 Å². The molecule has 0 saturated carbocycles. The van der Waals surface area contributed by atoms with E-state index in [9.17, 15) is 9.59 Å². The number of nitrogens with one attached hydrogen (secondary N) is 1. The highest BCUT2D eigenvalue weighted by Crippen LogP contribution is 2.32. The molecular weight excluding hydrogens is 356 g/mol. The van der Waals surface area contributed by atoms with E-state index >= 15 is 0 Å². The maximum Gasteiger partial charge on any atom is 0.240 e. The van der Waals surface area contributed by atoms with Crippen LogP contribution >= 0.6 is 11.6 Å². The first-order valence-corrected chi connectivity index (χ1v) is 8.51. The van der Waals surface area contributed by atoms with Gasteiger partial charge in [0.15, 0.2) is 11.5 Å². The SMILES string of the molecule is CC(=O)N(CC(=O)NCc1ccc2c(c1)OCO2)c1cc(Cl)ccc1C. The Hall–Kier alpha value is -2.73. The third-order valence-corrected chi connectivity index (χ3v) is 4.31. The Morgan fingerprint density at radius 3 is 2.69 bits per heavy atom. The number of nitrogens with zero attached hydrogens (tertiary/aromatic N) is 1. The third kappa shape index (κ3) is 4.08. The molecule has 3 rings (SSSR count). The van der Waals surface area contributed by atoms with Crippen molar-refractivity contribution < 1.29 is 19.1 Å². The molecule has 136 valence electrons. The van der Waals surface area contributed by atoms with Gasteiger partial charge in [0.25, 0.3) is 0 Å². The fourth-order valence-corrected chi connectivity index (χ4v) is 2.86. The Labute approximate surface area is 156 Å². The van der Waals surface area contributed by atoms with E-state index in [0.29, 0.717) is 28.8 Å². The van der Waals surface area contributed by atoms with Gasteiger partial charge in [-0.05, 0) is 42.3 Å². The topological polar surface area (TPSA) is 67.9 Å². The van der Waals surface area contributed by atoms with Gasteiger partial charge in [-0.15, -0.1) is 0 Å². The average molecular weight is 375 g/mol. The van der Waals surface area contributed by atoms with E-state index in [4.69, 9.17) is 21.1 Å². The maximum atomic E-state index is 12.3. The first-order valence-electron chi connectivity index (χ1n) is 8.13. The molecule has 2 aromatic carbocycles. The van der Waals surface area contributed by atoms with Crippen molar-refractivity contribution in [3.8, 4) is 11.5 Å². The maximum absolute atomic E-state index is 12.3. The Balaban J connectivity index is 1.65. The van der Waals surface area contributed by atoms with Gasteiger partial charge in [0.1, 0.15) is 6.54 Å². The van der Waals surface area contributed by atoms with Crippen LogP contribution in [0.3, 0.4) is 0 Å². The molecule has 1 N–H and O–H groups in total. The molecule has 0 aromatic heterocycles. The minimum absolute atomic E-state index is 0.0823. The molecular formula is C19H19ClN2O4.